The van der Waals surface area contributed by atoms with Gasteiger partial charge in [-0.1, -0.05) is 0 Å². The van der Waals surface area contributed by atoms with Crippen LogP contribution < -0.4 is 5.48 Å². The number of nitro groups is 1. The molecule has 1 N–H and O–H groups in total. The summed E-state index contributed by atoms with van der Waals surface area (Å²) in [6.07, 6.45) is -4.63. The lowest BCUT2D eigenvalue weighted by Gasteiger charge is -2.08. The van der Waals surface area contributed by atoms with Crippen LogP contribution in [0.5, 0.6) is 0 Å². The Morgan fingerprint density at radius 2 is 2.05 bits per heavy atom. The molecule has 0 bridgehead atoms. The second-order valence-electron chi connectivity index (χ2n) is 3.26. The van der Waals surface area contributed by atoms with Crippen LogP contribution in [0.15, 0.2) is 18.2 Å². The van der Waals surface area contributed by atoms with Crippen molar-refractivity contribution in [3.8, 4) is 0 Å². The smallest absolute Gasteiger partial charge is 0.267 e. The summed E-state index contributed by atoms with van der Waals surface area (Å²) >= 11 is 0. The Bertz CT molecular complexity index is 503. The third-order valence-electron chi connectivity index (χ3n) is 1.81. The van der Waals surface area contributed by atoms with Gasteiger partial charge >= 0.3 is 11.9 Å². The summed E-state index contributed by atoms with van der Waals surface area (Å²) in [5.74, 6) is -2.44. The summed E-state index contributed by atoms with van der Waals surface area (Å²) in [7, 11) is 0. The molecule has 6 nitrogen and oxygen atoms in total. The molecule has 0 aromatic heterocycles. The van der Waals surface area contributed by atoms with E-state index in [0.29, 0.717) is 12.1 Å². The number of benzene rings is 1. The minimum atomic E-state index is -4.63. The van der Waals surface area contributed by atoms with Gasteiger partial charge < -0.3 is 0 Å². The number of carbonyl (C=O) groups is 1. The van der Waals surface area contributed by atoms with Gasteiger partial charge in [-0.2, -0.15) is 17.6 Å². The van der Waals surface area contributed by atoms with E-state index < -0.39 is 40.7 Å². The Labute approximate surface area is 103 Å². The van der Waals surface area contributed by atoms with Gasteiger partial charge in [-0.3, -0.25) is 19.7 Å². The van der Waals surface area contributed by atoms with Crippen LogP contribution in [0.3, 0.4) is 0 Å². The van der Waals surface area contributed by atoms with Crippen molar-refractivity contribution in [2.75, 3.05) is 6.61 Å². The highest BCUT2D eigenvalue weighted by Gasteiger charge is 2.28. The minimum absolute atomic E-state index is 0.412. The summed E-state index contributed by atoms with van der Waals surface area (Å²) in [5.41, 5.74) is 0.170. The molecule has 0 saturated carbocycles. The predicted octanol–water partition coefficient (Wildman–Crippen LogP) is 1.96. The number of nitrogens with one attached hydrogen (secondary N) is 1. The normalized spacial score (nSPS) is 11.2. The first kappa shape index (κ1) is 14.8. The molecule has 0 aliphatic heterocycles. The van der Waals surface area contributed by atoms with Crippen LogP contribution in [0.4, 0.5) is 23.2 Å². The van der Waals surface area contributed by atoms with Crippen LogP contribution in [-0.4, -0.2) is 23.6 Å². The summed E-state index contributed by atoms with van der Waals surface area (Å²) in [4.78, 5) is 24.4. The quantitative estimate of drug-likeness (QED) is 0.520. The maximum Gasteiger partial charge on any atom is 0.414 e. The maximum absolute atomic E-state index is 13.1. The van der Waals surface area contributed by atoms with Crippen molar-refractivity contribution in [3.05, 3.63) is 39.7 Å². The first-order chi connectivity index (χ1) is 8.70. The molecular formula is C9H6F4N2O4. The van der Waals surface area contributed by atoms with Gasteiger partial charge in [0, 0.05) is 11.6 Å². The summed E-state index contributed by atoms with van der Waals surface area (Å²) in [5, 5.41) is 10.3. The fourth-order valence-electron chi connectivity index (χ4n) is 1.04. The lowest BCUT2D eigenvalue weighted by Crippen LogP contribution is -2.29. The van der Waals surface area contributed by atoms with E-state index >= 15 is 0 Å². The van der Waals surface area contributed by atoms with E-state index in [1.807, 2.05) is 0 Å². The molecule has 0 fully saturated rings. The van der Waals surface area contributed by atoms with Crippen LogP contribution >= 0.6 is 0 Å². The third-order valence-corrected chi connectivity index (χ3v) is 1.81. The monoisotopic (exact) mass is 282 g/mol. The predicted molar refractivity (Wildman–Crippen MR) is 52.5 cm³/mol. The van der Waals surface area contributed by atoms with Crippen LogP contribution in [0.25, 0.3) is 0 Å². The number of hydrogen-bond donors (Lipinski definition) is 1. The fraction of sp³-hybridized carbons (Fsp3) is 0.222. The second kappa shape index (κ2) is 5.61. The number of carbonyl (C=O) groups excluding carboxylic acids is 1. The van der Waals surface area contributed by atoms with Crippen LogP contribution in [0.1, 0.15) is 10.4 Å². The van der Waals surface area contributed by atoms with Gasteiger partial charge in [0.2, 0.25) is 5.82 Å². The molecule has 1 aromatic carbocycles. The summed E-state index contributed by atoms with van der Waals surface area (Å²) in [6.45, 7) is -1.71. The zero-order valence-corrected chi connectivity index (χ0v) is 9.03. The van der Waals surface area contributed by atoms with Crippen LogP contribution in [-0.2, 0) is 4.84 Å². The third kappa shape index (κ3) is 4.50. The van der Waals surface area contributed by atoms with Crippen molar-refractivity contribution < 1.29 is 32.1 Å². The number of hydroxylamine groups is 1. The Balaban J connectivity index is 2.68. The SMILES string of the molecule is O=C(NOCC(F)(F)F)c1ccc([N+](=O)[O-])c(F)c1. The van der Waals surface area contributed by atoms with Gasteiger partial charge in [0.15, 0.2) is 6.61 Å². The lowest BCUT2D eigenvalue weighted by atomic mass is 10.2. The topological polar surface area (TPSA) is 81.5 Å². The van der Waals surface area contributed by atoms with Crippen molar-refractivity contribution in [2.24, 2.45) is 0 Å². The van der Waals surface area contributed by atoms with E-state index in [1.165, 1.54) is 5.48 Å². The first-order valence-electron chi connectivity index (χ1n) is 4.63. The lowest BCUT2D eigenvalue weighted by molar-refractivity contribution is -0.387. The van der Waals surface area contributed by atoms with Gasteiger partial charge in [0.1, 0.15) is 0 Å². The number of nitro benzene ring substituents is 1. The van der Waals surface area contributed by atoms with Crippen molar-refractivity contribution in [1.29, 1.82) is 0 Å². The van der Waals surface area contributed by atoms with Gasteiger partial charge in [0.25, 0.3) is 5.91 Å². The van der Waals surface area contributed by atoms with Gasteiger partial charge in [-0.05, 0) is 12.1 Å². The van der Waals surface area contributed by atoms with E-state index in [1.54, 1.807) is 0 Å². The Morgan fingerprint density at radius 1 is 1.42 bits per heavy atom. The number of amides is 1. The van der Waals surface area contributed by atoms with E-state index in [-0.39, 0.29) is 0 Å². The van der Waals surface area contributed by atoms with E-state index in [2.05, 4.69) is 4.84 Å². The number of rotatable bonds is 4. The number of nitrogens with zero attached hydrogens (tertiary/aromatic N) is 1. The largest absolute Gasteiger partial charge is 0.414 e. The fourth-order valence-corrected chi connectivity index (χ4v) is 1.04. The number of halogens is 4. The Kier molecular flexibility index (Phi) is 4.38. The molecule has 104 valence electrons. The zero-order valence-electron chi connectivity index (χ0n) is 9.03. The molecule has 0 radical (unpaired) electrons. The summed E-state index contributed by atoms with van der Waals surface area (Å²) in [6, 6.07) is 2.12. The van der Waals surface area contributed by atoms with Crippen molar-refractivity contribution in [3.63, 3.8) is 0 Å². The highest BCUT2D eigenvalue weighted by Crippen LogP contribution is 2.18. The Hall–Kier alpha value is -2.23. The van der Waals surface area contributed by atoms with Crippen molar-refractivity contribution >= 4 is 11.6 Å². The molecule has 0 spiro atoms. The maximum atomic E-state index is 13.1. The molecular weight excluding hydrogens is 276 g/mol. The molecule has 10 heteroatoms. The average Bonchev–Trinajstić information content (AvgIpc) is 2.26. The van der Waals surface area contributed by atoms with E-state index in [4.69, 9.17) is 0 Å². The molecule has 19 heavy (non-hydrogen) atoms. The highest BCUT2D eigenvalue weighted by molar-refractivity contribution is 5.93. The molecule has 0 aliphatic rings. The van der Waals surface area contributed by atoms with Gasteiger partial charge in [-0.25, -0.2) is 5.48 Å². The molecule has 0 aliphatic carbocycles. The highest BCUT2D eigenvalue weighted by atomic mass is 19.4. The molecule has 0 unspecified atom stereocenters. The number of hydrogen-bond acceptors (Lipinski definition) is 4. The zero-order chi connectivity index (χ0) is 14.6. The minimum Gasteiger partial charge on any atom is -0.267 e. The average molecular weight is 282 g/mol. The second-order valence-corrected chi connectivity index (χ2v) is 3.26. The summed E-state index contributed by atoms with van der Waals surface area (Å²) < 4.78 is 48.2. The molecule has 0 saturated heterocycles. The Morgan fingerprint density at radius 3 is 2.53 bits per heavy atom. The van der Waals surface area contributed by atoms with Gasteiger partial charge in [-0.15, -0.1) is 0 Å². The van der Waals surface area contributed by atoms with Crippen LogP contribution in [0, 0.1) is 15.9 Å². The van der Waals surface area contributed by atoms with E-state index in [0.717, 1.165) is 6.07 Å². The molecule has 1 rings (SSSR count). The first-order valence-corrected chi connectivity index (χ1v) is 4.63. The number of alkyl halides is 3. The van der Waals surface area contributed by atoms with Crippen LogP contribution in [0.2, 0.25) is 0 Å². The molecule has 0 heterocycles. The van der Waals surface area contributed by atoms with E-state index in [9.17, 15) is 32.5 Å². The molecule has 0 atom stereocenters. The molecule has 1 aromatic rings. The van der Waals surface area contributed by atoms with Gasteiger partial charge in [0.05, 0.1) is 4.92 Å². The van der Waals surface area contributed by atoms with Crippen molar-refractivity contribution in [2.45, 2.75) is 6.18 Å². The van der Waals surface area contributed by atoms with Crippen molar-refractivity contribution in [1.82, 2.24) is 5.48 Å². The standard InChI is InChI=1S/C9H6F4N2O4/c10-6-3-5(1-2-7(6)15(17)18)8(16)14-19-4-9(11,12)13/h1-3H,4H2,(H,14,16). The molecule has 1 amide bonds.